The quantitative estimate of drug-likeness (QED) is 0.689. The van der Waals surface area contributed by atoms with Gasteiger partial charge in [-0.2, -0.15) is 0 Å². The van der Waals surface area contributed by atoms with Crippen molar-refractivity contribution < 1.29 is 0 Å². The molecule has 0 radical (unpaired) electrons. The first-order chi connectivity index (χ1) is 9.67. The predicted octanol–water partition coefficient (Wildman–Crippen LogP) is 3.13. The van der Waals surface area contributed by atoms with E-state index in [2.05, 4.69) is 51.1 Å². The first-order valence-corrected chi connectivity index (χ1v) is 7.56. The monoisotopic (exact) mass is 333 g/mol. The third-order valence-electron chi connectivity index (χ3n) is 3.29. The number of nitrogens with zero attached hydrogens (tertiary/aromatic N) is 5. The van der Waals surface area contributed by atoms with Gasteiger partial charge in [-0.25, -0.2) is 9.67 Å². The van der Waals surface area contributed by atoms with Gasteiger partial charge in [0.25, 0.3) is 0 Å². The van der Waals surface area contributed by atoms with Crippen molar-refractivity contribution in [3.05, 3.63) is 47.7 Å². The van der Waals surface area contributed by atoms with E-state index in [1.165, 1.54) is 5.56 Å². The number of fused-ring (bicyclic) bond motifs is 1. The van der Waals surface area contributed by atoms with Crippen LogP contribution in [0.25, 0.3) is 5.65 Å². The number of halogens is 1. The molecule has 0 aliphatic rings. The lowest BCUT2D eigenvalue weighted by Crippen LogP contribution is -2.00. The highest BCUT2D eigenvalue weighted by Crippen LogP contribution is 2.23. The van der Waals surface area contributed by atoms with Crippen molar-refractivity contribution in [2.75, 3.05) is 0 Å². The Morgan fingerprint density at radius 3 is 2.95 bits per heavy atom. The largest absolute Gasteiger partial charge is 0.307 e. The van der Waals surface area contributed by atoms with Gasteiger partial charge in [-0.15, -0.1) is 5.10 Å². The number of hydrogen-bond acceptors (Lipinski definition) is 3. The summed E-state index contributed by atoms with van der Waals surface area (Å²) in [4.78, 5) is 4.91. The third kappa shape index (κ3) is 2.47. The number of imidazole rings is 1. The SMILES string of the molecule is CCC(Br)c1cn(Cc2cn3cccc(C)c3n2)nn1. The third-order valence-corrected chi connectivity index (χ3v) is 4.40. The Morgan fingerprint density at radius 1 is 1.35 bits per heavy atom. The van der Waals surface area contributed by atoms with Crippen LogP contribution in [-0.2, 0) is 6.54 Å². The molecule has 0 fully saturated rings. The molecule has 0 aromatic carbocycles. The van der Waals surface area contributed by atoms with E-state index in [1.807, 2.05) is 33.7 Å². The fourth-order valence-corrected chi connectivity index (χ4v) is 2.40. The Kier molecular flexibility index (Phi) is 3.56. The van der Waals surface area contributed by atoms with Gasteiger partial charge in [-0.3, -0.25) is 0 Å². The summed E-state index contributed by atoms with van der Waals surface area (Å²) in [6.45, 7) is 4.82. The summed E-state index contributed by atoms with van der Waals surface area (Å²) in [7, 11) is 0. The summed E-state index contributed by atoms with van der Waals surface area (Å²) in [5, 5.41) is 8.35. The standard InChI is InChI=1S/C14H16BrN5/c1-3-12(15)13-9-20(18-17-13)8-11-7-19-6-4-5-10(2)14(19)16-11/h4-7,9,12H,3,8H2,1-2H3. The molecular weight excluding hydrogens is 318 g/mol. The van der Waals surface area contributed by atoms with Crippen LogP contribution in [0.2, 0.25) is 0 Å². The lowest BCUT2D eigenvalue weighted by molar-refractivity contribution is 0.640. The molecule has 0 amide bonds. The molecule has 0 spiro atoms. The highest BCUT2D eigenvalue weighted by Gasteiger charge is 2.11. The molecule has 3 aromatic rings. The van der Waals surface area contributed by atoms with Gasteiger partial charge < -0.3 is 4.40 Å². The van der Waals surface area contributed by atoms with Crippen LogP contribution in [0.3, 0.4) is 0 Å². The normalized spacial score (nSPS) is 12.9. The van der Waals surface area contributed by atoms with Crippen LogP contribution in [0.1, 0.15) is 35.1 Å². The summed E-state index contributed by atoms with van der Waals surface area (Å²) in [6, 6.07) is 4.09. The fraction of sp³-hybridized carbons (Fsp3) is 0.357. The second-order valence-corrected chi connectivity index (χ2v) is 5.98. The smallest absolute Gasteiger partial charge is 0.140 e. The number of pyridine rings is 1. The molecule has 1 atom stereocenters. The van der Waals surface area contributed by atoms with Gasteiger partial charge >= 0.3 is 0 Å². The number of aryl methyl sites for hydroxylation is 1. The Balaban J connectivity index is 1.86. The van der Waals surface area contributed by atoms with E-state index in [9.17, 15) is 0 Å². The van der Waals surface area contributed by atoms with E-state index in [1.54, 1.807) is 0 Å². The van der Waals surface area contributed by atoms with Gasteiger partial charge in [-0.05, 0) is 25.0 Å². The highest BCUT2D eigenvalue weighted by atomic mass is 79.9. The molecule has 0 aliphatic carbocycles. The Morgan fingerprint density at radius 2 is 2.20 bits per heavy atom. The Hall–Kier alpha value is -1.69. The van der Waals surface area contributed by atoms with Gasteiger partial charge in [-0.1, -0.05) is 34.1 Å². The van der Waals surface area contributed by atoms with Crippen LogP contribution >= 0.6 is 15.9 Å². The summed E-state index contributed by atoms with van der Waals surface area (Å²) in [5.74, 6) is 0. The van der Waals surface area contributed by atoms with Crippen molar-refractivity contribution in [1.82, 2.24) is 24.4 Å². The van der Waals surface area contributed by atoms with E-state index in [4.69, 9.17) is 0 Å². The molecule has 0 bridgehead atoms. The lowest BCUT2D eigenvalue weighted by atomic mass is 10.3. The number of alkyl halides is 1. The fourth-order valence-electron chi connectivity index (χ4n) is 2.19. The van der Waals surface area contributed by atoms with Gasteiger partial charge in [0.05, 0.1) is 29.0 Å². The van der Waals surface area contributed by atoms with Crippen LogP contribution in [0.5, 0.6) is 0 Å². The highest BCUT2D eigenvalue weighted by molar-refractivity contribution is 9.09. The average molecular weight is 334 g/mol. The maximum Gasteiger partial charge on any atom is 0.140 e. The second-order valence-electron chi connectivity index (χ2n) is 4.87. The first kappa shape index (κ1) is 13.3. The Bertz CT molecular complexity index is 730. The zero-order chi connectivity index (χ0) is 14.1. The van der Waals surface area contributed by atoms with Crippen LogP contribution in [-0.4, -0.2) is 24.4 Å². The molecule has 6 heteroatoms. The molecular formula is C14H16BrN5. The van der Waals surface area contributed by atoms with Crippen LogP contribution in [0, 0.1) is 6.92 Å². The topological polar surface area (TPSA) is 48.0 Å². The zero-order valence-electron chi connectivity index (χ0n) is 11.5. The van der Waals surface area contributed by atoms with Gasteiger partial charge in [0.2, 0.25) is 0 Å². The van der Waals surface area contributed by atoms with Crippen LogP contribution < -0.4 is 0 Å². The van der Waals surface area contributed by atoms with E-state index >= 15 is 0 Å². The Labute approximate surface area is 125 Å². The summed E-state index contributed by atoms with van der Waals surface area (Å²) in [5.41, 5.74) is 4.12. The molecule has 0 saturated carbocycles. The summed E-state index contributed by atoms with van der Waals surface area (Å²) < 4.78 is 3.87. The van der Waals surface area contributed by atoms with Crippen molar-refractivity contribution in [2.24, 2.45) is 0 Å². The minimum absolute atomic E-state index is 0.263. The van der Waals surface area contributed by atoms with Crippen LogP contribution in [0.4, 0.5) is 0 Å². The molecule has 3 aromatic heterocycles. The molecule has 0 aliphatic heterocycles. The van der Waals surface area contributed by atoms with E-state index < -0.39 is 0 Å². The molecule has 20 heavy (non-hydrogen) atoms. The van der Waals surface area contributed by atoms with Crippen molar-refractivity contribution in [3.8, 4) is 0 Å². The first-order valence-electron chi connectivity index (χ1n) is 6.64. The number of aromatic nitrogens is 5. The van der Waals surface area contributed by atoms with Gasteiger partial charge in [0, 0.05) is 12.4 Å². The maximum absolute atomic E-state index is 4.64. The average Bonchev–Trinajstić information content (AvgIpc) is 3.05. The number of rotatable bonds is 4. The molecule has 5 nitrogen and oxygen atoms in total. The van der Waals surface area contributed by atoms with Gasteiger partial charge in [0.1, 0.15) is 5.65 Å². The van der Waals surface area contributed by atoms with E-state index in [0.717, 1.165) is 23.5 Å². The van der Waals surface area contributed by atoms with Gasteiger partial charge in [0.15, 0.2) is 0 Å². The second kappa shape index (κ2) is 5.36. The van der Waals surface area contributed by atoms with Crippen molar-refractivity contribution in [2.45, 2.75) is 31.6 Å². The predicted molar refractivity (Wildman–Crippen MR) is 81.0 cm³/mol. The molecule has 104 valence electrons. The molecule has 3 heterocycles. The molecule has 0 saturated heterocycles. The zero-order valence-corrected chi connectivity index (χ0v) is 13.1. The summed E-state index contributed by atoms with van der Waals surface area (Å²) in [6.07, 6.45) is 7.01. The molecule has 1 unspecified atom stereocenters. The molecule has 0 N–H and O–H groups in total. The van der Waals surface area contributed by atoms with E-state index in [0.29, 0.717) is 6.54 Å². The van der Waals surface area contributed by atoms with Crippen molar-refractivity contribution in [1.29, 1.82) is 0 Å². The minimum atomic E-state index is 0.263. The van der Waals surface area contributed by atoms with Crippen LogP contribution in [0.15, 0.2) is 30.7 Å². The maximum atomic E-state index is 4.64. The minimum Gasteiger partial charge on any atom is -0.307 e. The van der Waals surface area contributed by atoms with Crippen molar-refractivity contribution >= 4 is 21.6 Å². The van der Waals surface area contributed by atoms with Crippen molar-refractivity contribution in [3.63, 3.8) is 0 Å². The molecule has 3 rings (SSSR count). The number of hydrogen-bond donors (Lipinski definition) is 0. The lowest BCUT2D eigenvalue weighted by Gasteiger charge is -1.99. The summed E-state index contributed by atoms with van der Waals surface area (Å²) >= 11 is 3.59. The van der Waals surface area contributed by atoms with E-state index in [-0.39, 0.29) is 4.83 Å².